The molecule has 1 aliphatic rings. The third-order valence-corrected chi connectivity index (χ3v) is 3.18. The molecule has 1 atom stereocenters. The quantitative estimate of drug-likeness (QED) is 0.636. The molecule has 0 bridgehead atoms. The van der Waals surface area contributed by atoms with Gasteiger partial charge in [0.05, 0.1) is 11.2 Å². The maximum Gasteiger partial charge on any atom is 0.256 e. The van der Waals surface area contributed by atoms with Crippen LogP contribution < -0.4 is 0 Å². The van der Waals surface area contributed by atoms with Crippen LogP contribution >= 0.6 is 11.3 Å². The van der Waals surface area contributed by atoms with Gasteiger partial charge in [-0.1, -0.05) is 0 Å². The van der Waals surface area contributed by atoms with Crippen LogP contribution in [0, 0.1) is 6.57 Å². The van der Waals surface area contributed by atoms with Crippen molar-refractivity contribution in [3.8, 4) is 0 Å². The molecule has 2 rings (SSSR count). The molecular formula is C9H10N2S. The lowest BCUT2D eigenvalue weighted by Gasteiger charge is -1.97. The Bertz CT molecular complexity index is 320. The van der Waals surface area contributed by atoms with Gasteiger partial charge in [-0.3, -0.25) is 0 Å². The van der Waals surface area contributed by atoms with Gasteiger partial charge in [-0.2, -0.15) is 0 Å². The van der Waals surface area contributed by atoms with Crippen LogP contribution in [0.15, 0.2) is 5.51 Å². The number of thiazole rings is 1. The van der Waals surface area contributed by atoms with Crippen LogP contribution in [-0.2, 0) is 0 Å². The monoisotopic (exact) mass is 178 g/mol. The normalized spacial score (nSPS) is 18.7. The molecule has 1 heterocycles. The van der Waals surface area contributed by atoms with Gasteiger partial charge in [0, 0.05) is 12.8 Å². The summed E-state index contributed by atoms with van der Waals surface area (Å²) in [6.45, 7) is 8.90. The summed E-state index contributed by atoms with van der Waals surface area (Å²) < 4.78 is 0. The largest absolute Gasteiger partial charge is 0.308 e. The number of hydrogen-bond donors (Lipinski definition) is 0. The maximum atomic E-state index is 6.95. The summed E-state index contributed by atoms with van der Waals surface area (Å²) in [6, 6.07) is 0.00750. The first-order chi connectivity index (χ1) is 5.83. The first-order valence-corrected chi connectivity index (χ1v) is 5.00. The zero-order valence-corrected chi connectivity index (χ0v) is 7.77. The highest BCUT2D eigenvalue weighted by Crippen LogP contribution is 2.43. The summed E-state index contributed by atoms with van der Waals surface area (Å²) >= 11 is 1.63. The Labute approximate surface area is 76.1 Å². The van der Waals surface area contributed by atoms with E-state index in [1.165, 1.54) is 23.4 Å². The first-order valence-electron chi connectivity index (χ1n) is 4.12. The molecule has 1 aromatic heterocycles. The number of rotatable bonds is 2. The molecule has 0 amide bonds. The number of hydrogen-bond acceptors (Lipinski definition) is 2. The predicted molar refractivity (Wildman–Crippen MR) is 49.1 cm³/mol. The molecule has 1 aliphatic carbocycles. The Morgan fingerprint density at radius 2 is 2.50 bits per heavy atom. The van der Waals surface area contributed by atoms with Crippen molar-refractivity contribution in [1.82, 2.24) is 4.98 Å². The Hall–Kier alpha value is -0.880. The van der Waals surface area contributed by atoms with E-state index in [1.54, 1.807) is 11.3 Å². The van der Waals surface area contributed by atoms with Gasteiger partial charge in [0.25, 0.3) is 6.04 Å². The highest BCUT2D eigenvalue weighted by atomic mass is 32.1. The minimum Gasteiger partial charge on any atom is -0.308 e. The second kappa shape index (κ2) is 2.87. The van der Waals surface area contributed by atoms with E-state index in [-0.39, 0.29) is 6.04 Å². The van der Waals surface area contributed by atoms with Crippen molar-refractivity contribution in [3.63, 3.8) is 0 Å². The van der Waals surface area contributed by atoms with Crippen LogP contribution in [0.3, 0.4) is 0 Å². The molecule has 0 N–H and O–H groups in total. The van der Waals surface area contributed by atoms with Crippen molar-refractivity contribution in [2.75, 3.05) is 0 Å². The van der Waals surface area contributed by atoms with Crippen LogP contribution in [-0.4, -0.2) is 4.98 Å². The van der Waals surface area contributed by atoms with Gasteiger partial charge in [0.1, 0.15) is 4.88 Å². The molecule has 2 nitrogen and oxygen atoms in total. The molecule has 1 fully saturated rings. The smallest absolute Gasteiger partial charge is 0.256 e. The zero-order valence-electron chi connectivity index (χ0n) is 6.95. The fourth-order valence-electron chi connectivity index (χ4n) is 1.30. The third-order valence-electron chi connectivity index (χ3n) is 2.16. The lowest BCUT2D eigenvalue weighted by atomic mass is 10.2. The van der Waals surface area contributed by atoms with Crippen molar-refractivity contribution < 1.29 is 0 Å². The number of nitrogens with zero attached hydrogens (tertiary/aromatic N) is 2. The molecular weight excluding hydrogens is 168 g/mol. The molecule has 1 saturated carbocycles. The van der Waals surface area contributed by atoms with E-state index < -0.39 is 0 Å². The fourth-order valence-corrected chi connectivity index (χ4v) is 2.17. The van der Waals surface area contributed by atoms with E-state index in [9.17, 15) is 0 Å². The molecule has 1 aromatic rings. The maximum absolute atomic E-state index is 6.95. The van der Waals surface area contributed by atoms with E-state index >= 15 is 0 Å². The van der Waals surface area contributed by atoms with Crippen LogP contribution in [0.4, 0.5) is 0 Å². The first kappa shape index (κ1) is 7.75. The highest BCUT2D eigenvalue weighted by molar-refractivity contribution is 7.09. The molecule has 0 spiro atoms. The Morgan fingerprint density at radius 3 is 3.08 bits per heavy atom. The standard InChI is InChI=1S/C9H10N2S/c1-6(10-2)9-8(7-3-4-7)11-5-12-9/h5-7H,3-4H2,1H3. The summed E-state index contributed by atoms with van der Waals surface area (Å²) in [6.07, 6.45) is 2.53. The van der Waals surface area contributed by atoms with Gasteiger partial charge in [-0.15, -0.1) is 11.3 Å². The van der Waals surface area contributed by atoms with Gasteiger partial charge in [-0.05, 0) is 12.8 Å². The van der Waals surface area contributed by atoms with E-state index in [4.69, 9.17) is 6.57 Å². The third kappa shape index (κ3) is 1.23. The minimum atomic E-state index is 0.00750. The summed E-state index contributed by atoms with van der Waals surface area (Å²) in [5.41, 5.74) is 3.06. The molecule has 62 valence electrons. The van der Waals surface area contributed by atoms with Gasteiger partial charge >= 0.3 is 0 Å². The Kier molecular flexibility index (Phi) is 1.86. The minimum absolute atomic E-state index is 0.00750. The molecule has 1 unspecified atom stereocenters. The Balaban J connectivity index is 2.30. The zero-order chi connectivity index (χ0) is 8.55. The SMILES string of the molecule is [C-]#[N+]C(C)c1scnc1C1CC1. The Morgan fingerprint density at radius 1 is 1.75 bits per heavy atom. The molecule has 3 heteroatoms. The molecule has 12 heavy (non-hydrogen) atoms. The van der Waals surface area contributed by atoms with E-state index in [1.807, 2.05) is 12.4 Å². The van der Waals surface area contributed by atoms with Crippen molar-refractivity contribution in [1.29, 1.82) is 0 Å². The molecule has 0 aliphatic heterocycles. The van der Waals surface area contributed by atoms with Gasteiger partial charge in [0.2, 0.25) is 0 Å². The van der Waals surface area contributed by atoms with Gasteiger partial charge in [0.15, 0.2) is 0 Å². The van der Waals surface area contributed by atoms with E-state index in [0.717, 1.165) is 0 Å². The average molecular weight is 178 g/mol. The van der Waals surface area contributed by atoms with Crippen molar-refractivity contribution >= 4 is 11.3 Å². The van der Waals surface area contributed by atoms with Crippen molar-refractivity contribution in [2.24, 2.45) is 0 Å². The molecule has 0 saturated heterocycles. The van der Waals surface area contributed by atoms with Crippen LogP contribution in [0.25, 0.3) is 4.85 Å². The van der Waals surface area contributed by atoms with Crippen LogP contribution in [0.5, 0.6) is 0 Å². The molecule has 0 radical (unpaired) electrons. The van der Waals surface area contributed by atoms with Gasteiger partial charge in [-0.25, -0.2) is 11.6 Å². The summed E-state index contributed by atoms with van der Waals surface area (Å²) in [5.74, 6) is 0.676. The summed E-state index contributed by atoms with van der Waals surface area (Å²) in [7, 11) is 0. The second-order valence-electron chi connectivity index (χ2n) is 3.18. The summed E-state index contributed by atoms with van der Waals surface area (Å²) in [5, 5.41) is 0. The van der Waals surface area contributed by atoms with Crippen LogP contribution in [0.2, 0.25) is 0 Å². The fraction of sp³-hybridized carbons (Fsp3) is 0.556. The van der Waals surface area contributed by atoms with Crippen molar-refractivity contribution in [2.45, 2.75) is 31.7 Å². The average Bonchev–Trinajstić information content (AvgIpc) is 2.83. The predicted octanol–water partition coefficient (Wildman–Crippen LogP) is 3.00. The lowest BCUT2D eigenvalue weighted by Crippen LogP contribution is -1.89. The van der Waals surface area contributed by atoms with E-state index in [0.29, 0.717) is 5.92 Å². The van der Waals surface area contributed by atoms with Crippen molar-refractivity contribution in [3.05, 3.63) is 27.5 Å². The topological polar surface area (TPSA) is 17.2 Å². The second-order valence-corrected chi connectivity index (χ2v) is 4.07. The lowest BCUT2D eigenvalue weighted by molar-refractivity contribution is 0.922. The van der Waals surface area contributed by atoms with Gasteiger partial charge < -0.3 is 4.85 Å². The summed E-state index contributed by atoms with van der Waals surface area (Å²) in [4.78, 5) is 9.03. The molecule has 0 aromatic carbocycles. The highest BCUT2D eigenvalue weighted by Gasteiger charge is 2.31. The van der Waals surface area contributed by atoms with Crippen LogP contribution in [0.1, 0.15) is 42.3 Å². The number of aromatic nitrogens is 1. The van der Waals surface area contributed by atoms with E-state index in [2.05, 4.69) is 9.83 Å².